The van der Waals surface area contributed by atoms with Crippen LogP contribution in [0.2, 0.25) is 0 Å². The van der Waals surface area contributed by atoms with Crippen LogP contribution in [-0.4, -0.2) is 57.6 Å². The first-order valence-corrected chi connectivity index (χ1v) is 11.5. The summed E-state index contributed by atoms with van der Waals surface area (Å²) >= 11 is 0. The average molecular weight is 456 g/mol. The normalized spacial score (nSPS) is 15.7. The van der Waals surface area contributed by atoms with Crippen molar-refractivity contribution in [1.82, 2.24) is 24.7 Å². The van der Waals surface area contributed by atoms with Crippen molar-refractivity contribution in [1.29, 1.82) is 0 Å². The number of rotatable bonds is 5. The molecule has 0 atom stereocenters. The number of hydrogen-bond acceptors (Lipinski definition) is 8. The van der Waals surface area contributed by atoms with Crippen LogP contribution in [0.15, 0.2) is 61.1 Å². The summed E-state index contributed by atoms with van der Waals surface area (Å²) in [5, 5.41) is 8.21. The number of nitrogens with one attached hydrogen (secondary N) is 1. The van der Waals surface area contributed by atoms with E-state index in [1.807, 2.05) is 29.1 Å². The van der Waals surface area contributed by atoms with Gasteiger partial charge in [0, 0.05) is 48.6 Å². The van der Waals surface area contributed by atoms with Crippen molar-refractivity contribution in [2.45, 2.75) is 13.2 Å². The maximum Gasteiger partial charge on any atom is 0.227 e. The summed E-state index contributed by atoms with van der Waals surface area (Å²) in [7, 11) is 0. The number of hydrogen-bond donors (Lipinski definition) is 1. The lowest BCUT2D eigenvalue weighted by Crippen LogP contribution is -2.36. The fraction of sp³-hybridized carbons (Fsp3) is 0.280. The Balaban J connectivity index is 1.30. The molecule has 5 heterocycles. The molecular weight excluding hydrogens is 430 g/mol. The van der Waals surface area contributed by atoms with Crippen LogP contribution in [-0.2, 0) is 22.6 Å². The Morgan fingerprint density at radius 1 is 0.882 bits per heavy atom. The fourth-order valence-electron chi connectivity index (χ4n) is 4.39. The monoisotopic (exact) mass is 455 g/mol. The van der Waals surface area contributed by atoms with E-state index in [-0.39, 0.29) is 0 Å². The van der Waals surface area contributed by atoms with Gasteiger partial charge in [0.15, 0.2) is 0 Å². The van der Waals surface area contributed by atoms with Gasteiger partial charge in [-0.25, -0.2) is 9.97 Å². The molecule has 9 nitrogen and oxygen atoms in total. The number of nitrogens with zero attached hydrogens (tertiary/aromatic N) is 6. The van der Waals surface area contributed by atoms with Gasteiger partial charge in [0.25, 0.3) is 0 Å². The van der Waals surface area contributed by atoms with Gasteiger partial charge in [0.2, 0.25) is 5.95 Å². The van der Waals surface area contributed by atoms with Crippen LogP contribution in [0.1, 0.15) is 5.69 Å². The molecule has 4 aromatic rings. The minimum Gasteiger partial charge on any atom is -0.378 e. The number of anilines is 3. The molecule has 1 N–H and O–H groups in total. The smallest absolute Gasteiger partial charge is 0.227 e. The third-order valence-corrected chi connectivity index (χ3v) is 6.09. The molecule has 2 aliphatic heterocycles. The zero-order chi connectivity index (χ0) is 22.7. The quantitative estimate of drug-likeness (QED) is 0.489. The van der Waals surface area contributed by atoms with Crippen molar-refractivity contribution in [2.75, 3.05) is 43.1 Å². The van der Waals surface area contributed by atoms with Crippen molar-refractivity contribution in [2.24, 2.45) is 0 Å². The van der Waals surface area contributed by atoms with Crippen LogP contribution in [0, 0.1) is 0 Å². The third-order valence-electron chi connectivity index (χ3n) is 6.09. The molecule has 0 amide bonds. The standard InChI is InChI=1S/C25H25N7O2/c1-2-18(16-26-8-1)24-23(22-17-34-15-12-32(22)30-24)21-7-9-27-25(29-21)28-19-3-5-20(6-4-19)31-10-13-33-14-11-31/h1-9,16H,10-15,17H2,(H,27,28,29). The summed E-state index contributed by atoms with van der Waals surface area (Å²) in [6.45, 7) is 5.23. The summed E-state index contributed by atoms with van der Waals surface area (Å²) in [5.41, 5.74) is 6.70. The van der Waals surface area contributed by atoms with E-state index in [0.717, 1.165) is 60.2 Å². The Kier molecular flexibility index (Phi) is 5.62. The summed E-state index contributed by atoms with van der Waals surface area (Å²) < 4.78 is 13.2. The first-order chi connectivity index (χ1) is 16.8. The van der Waals surface area contributed by atoms with Gasteiger partial charge in [-0.2, -0.15) is 5.10 Å². The highest BCUT2D eigenvalue weighted by Crippen LogP contribution is 2.35. The molecule has 1 saturated heterocycles. The number of ether oxygens (including phenoxy) is 2. The topological polar surface area (TPSA) is 90.2 Å². The van der Waals surface area contributed by atoms with Crippen molar-refractivity contribution >= 4 is 17.3 Å². The minimum absolute atomic E-state index is 0.498. The minimum atomic E-state index is 0.498. The van der Waals surface area contributed by atoms with Gasteiger partial charge in [-0.1, -0.05) is 0 Å². The second kappa shape index (κ2) is 9.20. The number of morpholine rings is 1. The fourth-order valence-corrected chi connectivity index (χ4v) is 4.39. The Labute approximate surface area is 197 Å². The molecular formula is C25H25N7O2. The predicted molar refractivity (Wildman–Crippen MR) is 129 cm³/mol. The average Bonchev–Trinajstić information content (AvgIpc) is 3.30. The highest BCUT2D eigenvalue weighted by molar-refractivity contribution is 5.81. The highest BCUT2D eigenvalue weighted by Gasteiger charge is 2.24. The Hall–Kier alpha value is -3.82. The zero-order valence-electron chi connectivity index (χ0n) is 18.7. The van der Waals surface area contributed by atoms with E-state index < -0.39 is 0 Å². The number of aromatic nitrogens is 5. The lowest BCUT2D eigenvalue weighted by Gasteiger charge is -2.28. The molecule has 0 unspecified atom stereocenters. The zero-order valence-corrected chi connectivity index (χ0v) is 18.7. The van der Waals surface area contributed by atoms with Gasteiger partial charge in [-0.15, -0.1) is 0 Å². The van der Waals surface area contributed by atoms with Crippen molar-refractivity contribution in [3.05, 3.63) is 66.7 Å². The molecule has 3 aromatic heterocycles. The molecule has 1 aromatic carbocycles. The maximum atomic E-state index is 5.75. The van der Waals surface area contributed by atoms with Crippen LogP contribution >= 0.6 is 0 Å². The van der Waals surface area contributed by atoms with Crippen LogP contribution in [0.25, 0.3) is 22.5 Å². The summed E-state index contributed by atoms with van der Waals surface area (Å²) in [6.07, 6.45) is 5.36. The van der Waals surface area contributed by atoms with E-state index >= 15 is 0 Å². The van der Waals surface area contributed by atoms with Crippen molar-refractivity contribution in [3.63, 3.8) is 0 Å². The molecule has 34 heavy (non-hydrogen) atoms. The van der Waals surface area contributed by atoms with Gasteiger partial charge in [-0.05, 0) is 42.5 Å². The SMILES string of the molecule is c1cncc(-c2nn3c(c2-c2ccnc(Nc4ccc(N5CCOCC5)cc4)n2)COCC3)c1. The van der Waals surface area contributed by atoms with Crippen LogP contribution in [0.4, 0.5) is 17.3 Å². The molecule has 2 aliphatic rings. The number of benzene rings is 1. The summed E-state index contributed by atoms with van der Waals surface area (Å²) in [6, 6.07) is 14.2. The largest absolute Gasteiger partial charge is 0.378 e. The molecule has 0 radical (unpaired) electrons. The van der Waals surface area contributed by atoms with Crippen molar-refractivity contribution in [3.8, 4) is 22.5 Å². The van der Waals surface area contributed by atoms with E-state index in [0.29, 0.717) is 25.7 Å². The van der Waals surface area contributed by atoms with Gasteiger partial charge >= 0.3 is 0 Å². The lowest BCUT2D eigenvalue weighted by atomic mass is 10.0. The summed E-state index contributed by atoms with van der Waals surface area (Å²) in [5.74, 6) is 0.533. The van der Waals surface area contributed by atoms with Crippen LogP contribution in [0.5, 0.6) is 0 Å². The van der Waals surface area contributed by atoms with Gasteiger partial charge in [-0.3, -0.25) is 9.67 Å². The maximum absolute atomic E-state index is 5.75. The van der Waals surface area contributed by atoms with E-state index in [1.54, 1.807) is 12.4 Å². The Morgan fingerprint density at radius 2 is 1.74 bits per heavy atom. The third kappa shape index (κ3) is 4.11. The predicted octanol–water partition coefficient (Wildman–Crippen LogP) is 3.51. The first kappa shape index (κ1) is 20.8. The molecule has 0 saturated carbocycles. The van der Waals surface area contributed by atoms with Gasteiger partial charge in [0.05, 0.1) is 49.9 Å². The van der Waals surface area contributed by atoms with E-state index in [2.05, 4.69) is 44.5 Å². The van der Waals surface area contributed by atoms with E-state index in [4.69, 9.17) is 19.6 Å². The summed E-state index contributed by atoms with van der Waals surface area (Å²) in [4.78, 5) is 15.9. The molecule has 9 heteroatoms. The second-order valence-electron chi connectivity index (χ2n) is 8.22. The molecule has 0 aliphatic carbocycles. The lowest BCUT2D eigenvalue weighted by molar-refractivity contribution is 0.0804. The van der Waals surface area contributed by atoms with Crippen LogP contribution < -0.4 is 10.2 Å². The molecule has 6 rings (SSSR count). The molecule has 1 fully saturated rings. The van der Waals surface area contributed by atoms with Gasteiger partial charge < -0.3 is 19.7 Å². The number of pyridine rings is 1. The highest BCUT2D eigenvalue weighted by atomic mass is 16.5. The first-order valence-electron chi connectivity index (χ1n) is 11.5. The van der Waals surface area contributed by atoms with E-state index in [9.17, 15) is 0 Å². The number of fused-ring (bicyclic) bond motifs is 1. The molecule has 172 valence electrons. The van der Waals surface area contributed by atoms with Crippen LogP contribution in [0.3, 0.4) is 0 Å². The van der Waals surface area contributed by atoms with Crippen molar-refractivity contribution < 1.29 is 9.47 Å². The van der Waals surface area contributed by atoms with Gasteiger partial charge in [0.1, 0.15) is 5.69 Å². The molecule has 0 bridgehead atoms. The molecule has 0 spiro atoms. The van der Waals surface area contributed by atoms with E-state index in [1.165, 1.54) is 5.69 Å². The second-order valence-corrected chi connectivity index (χ2v) is 8.22. The Morgan fingerprint density at radius 3 is 2.56 bits per heavy atom. The Bertz CT molecular complexity index is 1270.